The molecule has 0 aliphatic rings. The van der Waals surface area contributed by atoms with Gasteiger partial charge in [-0.2, -0.15) is 0 Å². The molecule has 0 aromatic heterocycles. The number of hydrogen-bond donors (Lipinski definition) is 1. The van der Waals surface area contributed by atoms with E-state index in [4.69, 9.17) is 4.74 Å². The number of methoxy groups -OCH3 is 1. The van der Waals surface area contributed by atoms with Gasteiger partial charge >= 0.3 is 0 Å². The van der Waals surface area contributed by atoms with Crippen LogP contribution in [0.3, 0.4) is 0 Å². The maximum atomic E-state index is 11.4. The Morgan fingerprint density at radius 3 is 2.69 bits per heavy atom. The molecule has 0 spiro atoms. The fourth-order valence-electron chi connectivity index (χ4n) is 1.20. The lowest BCUT2D eigenvalue weighted by molar-refractivity contribution is -0.124. The van der Waals surface area contributed by atoms with Gasteiger partial charge in [-0.05, 0) is 25.1 Å². The molecule has 0 saturated heterocycles. The van der Waals surface area contributed by atoms with Crippen LogP contribution in [0, 0.1) is 0 Å². The molecule has 1 rings (SSSR count). The van der Waals surface area contributed by atoms with Gasteiger partial charge in [0.15, 0.2) is 0 Å². The average molecular weight is 286 g/mol. The molecule has 16 heavy (non-hydrogen) atoms. The van der Waals surface area contributed by atoms with Crippen LogP contribution in [0.15, 0.2) is 22.7 Å². The first-order valence-corrected chi connectivity index (χ1v) is 5.45. The zero-order valence-corrected chi connectivity index (χ0v) is 10.6. The Morgan fingerprint density at radius 1 is 1.44 bits per heavy atom. The number of carbonyl (C=O) groups is 2. The topological polar surface area (TPSA) is 55.4 Å². The minimum atomic E-state index is -0.344. The molecule has 0 saturated carbocycles. The summed E-state index contributed by atoms with van der Waals surface area (Å²) >= 11 is 3.29. The maximum Gasteiger partial charge on any atom is 0.231 e. The highest BCUT2D eigenvalue weighted by molar-refractivity contribution is 9.10. The van der Waals surface area contributed by atoms with Crippen LogP contribution in [-0.2, 0) is 9.59 Å². The number of hydrogen-bond acceptors (Lipinski definition) is 3. The Hall–Kier alpha value is -1.36. The highest BCUT2D eigenvalue weighted by atomic mass is 79.9. The third-order valence-corrected chi connectivity index (χ3v) is 2.34. The molecule has 4 nitrogen and oxygen atoms in total. The molecule has 1 aromatic rings. The van der Waals surface area contributed by atoms with E-state index < -0.39 is 0 Å². The minimum absolute atomic E-state index is 0.129. The molecule has 0 aliphatic carbocycles. The smallest absolute Gasteiger partial charge is 0.231 e. The van der Waals surface area contributed by atoms with Crippen molar-refractivity contribution in [2.45, 2.75) is 13.3 Å². The number of amides is 1. The minimum Gasteiger partial charge on any atom is -0.495 e. The highest BCUT2D eigenvalue weighted by Crippen LogP contribution is 2.27. The van der Waals surface area contributed by atoms with E-state index in [1.54, 1.807) is 18.2 Å². The molecule has 1 aromatic carbocycles. The lowest BCUT2D eigenvalue weighted by Crippen LogP contribution is -2.15. The summed E-state index contributed by atoms with van der Waals surface area (Å²) in [6.45, 7) is 1.37. The lowest BCUT2D eigenvalue weighted by Gasteiger charge is -2.09. The fraction of sp³-hybridized carbons (Fsp3) is 0.273. The molecule has 86 valence electrons. The van der Waals surface area contributed by atoms with Crippen LogP contribution in [-0.4, -0.2) is 18.8 Å². The SMILES string of the molecule is COc1ccc(Br)cc1NC(=O)CC(C)=O. The number of anilines is 1. The van der Waals surface area contributed by atoms with Crippen molar-refractivity contribution in [2.75, 3.05) is 12.4 Å². The maximum absolute atomic E-state index is 11.4. The van der Waals surface area contributed by atoms with Crippen molar-refractivity contribution in [1.29, 1.82) is 0 Å². The molecule has 1 N–H and O–H groups in total. The predicted molar refractivity (Wildman–Crippen MR) is 64.6 cm³/mol. The highest BCUT2D eigenvalue weighted by Gasteiger charge is 2.09. The third-order valence-electron chi connectivity index (χ3n) is 1.85. The van der Waals surface area contributed by atoms with Crippen molar-refractivity contribution in [3.63, 3.8) is 0 Å². The van der Waals surface area contributed by atoms with Gasteiger partial charge in [0.2, 0.25) is 5.91 Å². The van der Waals surface area contributed by atoms with Crippen molar-refractivity contribution >= 4 is 33.3 Å². The summed E-state index contributed by atoms with van der Waals surface area (Å²) in [6.07, 6.45) is -0.129. The van der Waals surface area contributed by atoms with Gasteiger partial charge < -0.3 is 10.1 Å². The fourth-order valence-corrected chi connectivity index (χ4v) is 1.56. The quantitative estimate of drug-likeness (QED) is 0.864. The second kappa shape index (κ2) is 5.65. The Kier molecular flexibility index (Phi) is 4.49. The van der Waals surface area contributed by atoms with E-state index in [1.807, 2.05) is 0 Å². The summed E-state index contributed by atoms with van der Waals surface area (Å²) < 4.78 is 5.91. The largest absolute Gasteiger partial charge is 0.495 e. The second-order valence-electron chi connectivity index (χ2n) is 3.27. The first-order chi connectivity index (χ1) is 7.52. The molecule has 0 heterocycles. The van der Waals surface area contributed by atoms with Crippen molar-refractivity contribution < 1.29 is 14.3 Å². The van der Waals surface area contributed by atoms with E-state index in [9.17, 15) is 9.59 Å². The van der Waals surface area contributed by atoms with E-state index in [2.05, 4.69) is 21.2 Å². The average Bonchev–Trinajstić information content (AvgIpc) is 2.16. The second-order valence-corrected chi connectivity index (χ2v) is 4.19. The molecule has 0 fully saturated rings. The number of ketones is 1. The van der Waals surface area contributed by atoms with Crippen LogP contribution in [0.1, 0.15) is 13.3 Å². The summed E-state index contributed by atoms with van der Waals surface area (Å²) in [5.41, 5.74) is 0.545. The normalized spacial score (nSPS) is 9.69. The molecule has 0 atom stereocenters. The van der Waals surface area contributed by atoms with Gasteiger partial charge in [0, 0.05) is 4.47 Å². The van der Waals surface area contributed by atoms with Gasteiger partial charge in [0.1, 0.15) is 11.5 Å². The predicted octanol–water partition coefficient (Wildman–Crippen LogP) is 2.38. The zero-order valence-electron chi connectivity index (χ0n) is 9.04. The van der Waals surface area contributed by atoms with E-state index in [-0.39, 0.29) is 18.1 Å². The Morgan fingerprint density at radius 2 is 2.12 bits per heavy atom. The van der Waals surface area contributed by atoms with Crippen molar-refractivity contribution in [3.05, 3.63) is 22.7 Å². The van der Waals surface area contributed by atoms with Crippen LogP contribution in [0.2, 0.25) is 0 Å². The molecular formula is C11H12BrNO3. The molecule has 0 aliphatic heterocycles. The first-order valence-electron chi connectivity index (χ1n) is 4.65. The van der Waals surface area contributed by atoms with Gasteiger partial charge in [-0.3, -0.25) is 9.59 Å². The molecule has 0 bridgehead atoms. The molecule has 0 radical (unpaired) electrons. The van der Waals surface area contributed by atoms with E-state index in [1.165, 1.54) is 14.0 Å². The monoisotopic (exact) mass is 285 g/mol. The molecular weight excluding hydrogens is 274 g/mol. The van der Waals surface area contributed by atoms with Gasteiger partial charge in [-0.1, -0.05) is 15.9 Å². The zero-order chi connectivity index (χ0) is 12.1. The Labute approximate surface area is 102 Å². The number of ether oxygens (including phenoxy) is 1. The van der Waals surface area contributed by atoms with Gasteiger partial charge in [0.05, 0.1) is 19.2 Å². The van der Waals surface area contributed by atoms with Crippen LogP contribution in [0.25, 0.3) is 0 Å². The van der Waals surface area contributed by atoms with Crippen molar-refractivity contribution in [1.82, 2.24) is 0 Å². The van der Waals surface area contributed by atoms with Gasteiger partial charge in [-0.15, -0.1) is 0 Å². The molecule has 0 unspecified atom stereocenters. The first kappa shape index (κ1) is 12.7. The number of Topliss-reactive ketones (excluding diaryl/α,β-unsaturated/α-hetero) is 1. The Balaban J connectivity index is 2.83. The van der Waals surface area contributed by atoms with Crippen LogP contribution in [0.5, 0.6) is 5.75 Å². The van der Waals surface area contributed by atoms with Crippen molar-refractivity contribution in [2.24, 2.45) is 0 Å². The summed E-state index contributed by atoms with van der Waals surface area (Å²) in [7, 11) is 1.52. The summed E-state index contributed by atoms with van der Waals surface area (Å²) in [6, 6.07) is 5.25. The summed E-state index contributed by atoms with van der Waals surface area (Å²) in [5, 5.41) is 2.62. The van der Waals surface area contributed by atoms with E-state index in [0.717, 1.165) is 4.47 Å². The van der Waals surface area contributed by atoms with Crippen LogP contribution >= 0.6 is 15.9 Å². The van der Waals surface area contributed by atoms with E-state index >= 15 is 0 Å². The van der Waals surface area contributed by atoms with Crippen molar-refractivity contribution in [3.8, 4) is 5.75 Å². The number of rotatable bonds is 4. The van der Waals surface area contributed by atoms with Crippen LogP contribution < -0.4 is 10.1 Å². The van der Waals surface area contributed by atoms with E-state index in [0.29, 0.717) is 11.4 Å². The number of carbonyl (C=O) groups excluding carboxylic acids is 2. The molecule has 5 heteroatoms. The van der Waals surface area contributed by atoms with Gasteiger partial charge in [0.25, 0.3) is 0 Å². The number of halogens is 1. The number of nitrogens with one attached hydrogen (secondary N) is 1. The lowest BCUT2D eigenvalue weighted by atomic mass is 10.2. The molecule has 1 amide bonds. The summed E-state index contributed by atoms with van der Waals surface area (Å²) in [4.78, 5) is 22.2. The number of benzene rings is 1. The standard InChI is InChI=1S/C11H12BrNO3/c1-7(14)5-11(15)13-9-6-8(12)3-4-10(9)16-2/h3-4,6H,5H2,1-2H3,(H,13,15). The van der Waals surface area contributed by atoms with Gasteiger partial charge in [-0.25, -0.2) is 0 Å². The Bertz CT molecular complexity index is 418. The third kappa shape index (κ3) is 3.66. The summed E-state index contributed by atoms with van der Waals surface area (Å²) in [5.74, 6) is 0.0375. The van der Waals surface area contributed by atoms with Crippen LogP contribution in [0.4, 0.5) is 5.69 Å².